The number of hydrogen-bond donors (Lipinski definition) is 1. The van der Waals surface area contributed by atoms with Crippen molar-refractivity contribution in [3.8, 4) is 5.75 Å². The molecule has 0 aliphatic heterocycles. The molecular weight excluding hydrogens is 272 g/mol. The van der Waals surface area contributed by atoms with Gasteiger partial charge in [-0.3, -0.25) is 4.98 Å². The first-order valence-electron chi connectivity index (χ1n) is 7.47. The van der Waals surface area contributed by atoms with Gasteiger partial charge in [0.25, 0.3) is 0 Å². The summed E-state index contributed by atoms with van der Waals surface area (Å²) in [6, 6.07) is 18.1. The Kier molecular flexibility index (Phi) is 4.07. The van der Waals surface area contributed by atoms with Crippen molar-refractivity contribution in [1.82, 2.24) is 4.98 Å². The summed E-state index contributed by atoms with van der Waals surface area (Å²) in [5.41, 5.74) is 10.3. The molecule has 3 nitrogen and oxygen atoms in total. The lowest BCUT2D eigenvalue weighted by molar-refractivity contribution is 0.306. The van der Waals surface area contributed by atoms with E-state index >= 15 is 0 Å². The Morgan fingerprint density at radius 3 is 2.59 bits per heavy atom. The van der Waals surface area contributed by atoms with Gasteiger partial charge in [-0.2, -0.15) is 0 Å². The summed E-state index contributed by atoms with van der Waals surface area (Å²) in [5.74, 6) is 0.837. The standard InChI is InChI=1S/C19H20N2O/c1-13-10-17(14(2)20)18-11-16(8-9-19(18)21-13)22-12-15-6-4-3-5-7-15/h3-11,14H,12,20H2,1-2H3. The van der Waals surface area contributed by atoms with E-state index in [9.17, 15) is 0 Å². The Hall–Kier alpha value is -2.39. The van der Waals surface area contributed by atoms with Crippen LogP contribution >= 0.6 is 0 Å². The first-order chi connectivity index (χ1) is 10.6. The van der Waals surface area contributed by atoms with Gasteiger partial charge in [0.05, 0.1) is 5.52 Å². The van der Waals surface area contributed by atoms with Crippen LogP contribution in [0.1, 0.15) is 29.8 Å². The minimum atomic E-state index is -0.0337. The molecule has 0 spiro atoms. The number of benzene rings is 2. The Morgan fingerprint density at radius 1 is 1.09 bits per heavy atom. The Bertz CT molecular complexity index is 782. The SMILES string of the molecule is Cc1cc(C(C)N)c2cc(OCc3ccccc3)ccc2n1. The van der Waals surface area contributed by atoms with Crippen LogP contribution in [0.3, 0.4) is 0 Å². The summed E-state index contributed by atoms with van der Waals surface area (Å²) in [5, 5.41) is 1.06. The van der Waals surface area contributed by atoms with E-state index in [2.05, 4.69) is 17.1 Å². The van der Waals surface area contributed by atoms with Crippen molar-refractivity contribution >= 4 is 10.9 Å². The zero-order valence-corrected chi connectivity index (χ0v) is 12.9. The van der Waals surface area contributed by atoms with E-state index < -0.39 is 0 Å². The molecule has 0 radical (unpaired) electrons. The molecule has 0 aliphatic carbocycles. The van der Waals surface area contributed by atoms with Crippen LogP contribution in [-0.2, 0) is 6.61 Å². The van der Waals surface area contributed by atoms with Crippen LogP contribution in [0.4, 0.5) is 0 Å². The lowest BCUT2D eigenvalue weighted by Gasteiger charge is -2.13. The highest BCUT2D eigenvalue weighted by molar-refractivity contribution is 5.84. The Labute approximate surface area is 130 Å². The monoisotopic (exact) mass is 292 g/mol. The summed E-state index contributed by atoms with van der Waals surface area (Å²) in [4.78, 5) is 4.57. The van der Waals surface area contributed by atoms with Gasteiger partial charge in [0, 0.05) is 17.1 Å². The molecule has 3 aromatic rings. The van der Waals surface area contributed by atoms with Crippen LogP contribution < -0.4 is 10.5 Å². The minimum Gasteiger partial charge on any atom is -0.489 e. The van der Waals surface area contributed by atoms with Crippen molar-refractivity contribution in [3.05, 3.63) is 71.4 Å². The first kappa shape index (κ1) is 14.5. The first-order valence-corrected chi connectivity index (χ1v) is 7.47. The molecule has 1 unspecified atom stereocenters. The second-order valence-electron chi connectivity index (χ2n) is 5.59. The molecule has 0 saturated heterocycles. The molecular formula is C19H20N2O. The van der Waals surface area contributed by atoms with Crippen LogP contribution in [0.25, 0.3) is 10.9 Å². The highest BCUT2D eigenvalue weighted by Crippen LogP contribution is 2.27. The number of nitrogens with zero attached hydrogens (tertiary/aromatic N) is 1. The predicted molar refractivity (Wildman–Crippen MR) is 89.9 cm³/mol. The zero-order chi connectivity index (χ0) is 15.5. The van der Waals surface area contributed by atoms with E-state index in [4.69, 9.17) is 10.5 Å². The molecule has 1 atom stereocenters. The zero-order valence-electron chi connectivity index (χ0n) is 12.9. The molecule has 3 rings (SSSR count). The van der Waals surface area contributed by atoms with Crippen molar-refractivity contribution in [1.29, 1.82) is 0 Å². The molecule has 0 bridgehead atoms. The number of aryl methyl sites for hydroxylation is 1. The van der Waals surface area contributed by atoms with E-state index in [1.807, 2.05) is 56.3 Å². The van der Waals surface area contributed by atoms with Gasteiger partial charge in [0.1, 0.15) is 12.4 Å². The fourth-order valence-electron chi connectivity index (χ4n) is 2.58. The number of pyridine rings is 1. The van der Waals surface area contributed by atoms with Crippen LogP contribution in [0, 0.1) is 6.92 Å². The van der Waals surface area contributed by atoms with Gasteiger partial charge in [-0.25, -0.2) is 0 Å². The molecule has 0 fully saturated rings. The number of aromatic nitrogens is 1. The van der Waals surface area contributed by atoms with E-state index in [-0.39, 0.29) is 6.04 Å². The van der Waals surface area contributed by atoms with Crippen molar-refractivity contribution in [2.45, 2.75) is 26.5 Å². The summed E-state index contributed by atoms with van der Waals surface area (Å²) in [6.07, 6.45) is 0. The van der Waals surface area contributed by atoms with E-state index in [1.54, 1.807) is 0 Å². The number of hydrogen-bond acceptors (Lipinski definition) is 3. The summed E-state index contributed by atoms with van der Waals surface area (Å²) in [7, 11) is 0. The van der Waals surface area contributed by atoms with Crippen LogP contribution in [0.15, 0.2) is 54.6 Å². The molecule has 0 saturated carbocycles. The quantitative estimate of drug-likeness (QED) is 0.786. The van der Waals surface area contributed by atoms with Gasteiger partial charge < -0.3 is 10.5 Å². The average Bonchev–Trinajstić information content (AvgIpc) is 2.53. The number of rotatable bonds is 4. The normalized spacial score (nSPS) is 12.3. The number of fused-ring (bicyclic) bond motifs is 1. The van der Waals surface area contributed by atoms with Gasteiger partial charge >= 0.3 is 0 Å². The van der Waals surface area contributed by atoms with Crippen LogP contribution in [0.5, 0.6) is 5.75 Å². The maximum atomic E-state index is 6.10. The second kappa shape index (κ2) is 6.16. The highest BCUT2D eigenvalue weighted by Gasteiger charge is 2.09. The molecule has 1 aromatic heterocycles. The number of ether oxygens (including phenoxy) is 1. The molecule has 112 valence electrons. The van der Waals surface area contributed by atoms with Crippen molar-refractivity contribution in [2.24, 2.45) is 5.73 Å². The molecule has 0 aliphatic rings. The molecule has 3 heteroatoms. The van der Waals surface area contributed by atoms with Crippen LogP contribution in [-0.4, -0.2) is 4.98 Å². The third-order valence-corrected chi connectivity index (χ3v) is 3.68. The van der Waals surface area contributed by atoms with Gasteiger partial charge in [-0.05, 0) is 49.2 Å². The third-order valence-electron chi connectivity index (χ3n) is 3.68. The van der Waals surface area contributed by atoms with E-state index in [0.717, 1.165) is 33.5 Å². The lowest BCUT2D eigenvalue weighted by Crippen LogP contribution is -2.07. The fraction of sp³-hybridized carbons (Fsp3) is 0.211. The van der Waals surface area contributed by atoms with Crippen molar-refractivity contribution in [3.63, 3.8) is 0 Å². The Morgan fingerprint density at radius 2 is 1.86 bits per heavy atom. The Balaban J connectivity index is 1.92. The maximum Gasteiger partial charge on any atom is 0.120 e. The third kappa shape index (κ3) is 3.10. The summed E-state index contributed by atoms with van der Waals surface area (Å²) in [6.45, 7) is 4.54. The fourth-order valence-corrected chi connectivity index (χ4v) is 2.58. The minimum absolute atomic E-state index is 0.0337. The molecule has 0 amide bonds. The predicted octanol–water partition coefficient (Wildman–Crippen LogP) is 4.14. The lowest BCUT2D eigenvalue weighted by atomic mass is 10.0. The van der Waals surface area contributed by atoms with E-state index in [1.165, 1.54) is 0 Å². The topological polar surface area (TPSA) is 48.1 Å². The second-order valence-corrected chi connectivity index (χ2v) is 5.59. The molecule has 1 heterocycles. The van der Waals surface area contributed by atoms with Gasteiger partial charge in [0.2, 0.25) is 0 Å². The molecule has 2 N–H and O–H groups in total. The van der Waals surface area contributed by atoms with Crippen molar-refractivity contribution < 1.29 is 4.74 Å². The highest BCUT2D eigenvalue weighted by atomic mass is 16.5. The van der Waals surface area contributed by atoms with E-state index in [0.29, 0.717) is 6.61 Å². The maximum absolute atomic E-state index is 6.10. The molecule has 22 heavy (non-hydrogen) atoms. The summed E-state index contributed by atoms with van der Waals surface area (Å²) < 4.78 is 5.90. The van der Waals surface area contributed by atoms with Gasteiger partial charge in [-0.1, -0.05) is 30.3 Å². The smallest absolute Gasteiger partial charge is 0.120 e. The molecule has 2 aromatic carbocycles. The number of nitrogens with two attached hydrogens (primary N) is 1. The van der Waals surface area contributed by atoms with Crippen molar-refractivity contribution in [2.75, 3.05) is 0 Å². The summed E-state index contributed by atoms with van der Waals surface area (Å²) >= 11 is 0. The average molecular weight is 292 g/mol. The largest absolute Gasteiger partial charge is 0.489 e. The van der Waals surface area contributed by atoms with Gasteiger partial charge in [0.15, 0.2) is 0 Å². The van der Waals surface area contributed by atoms with Crippen LogP contribution in [0.2, 0.25) is 0 Å². The van der Waals surface area contributed by atoms with Gasteiger partial charge in [-0.15, -0.1) is 0 Å².